The Labute approximate surface area is 156 Å². The van der Waals surface area contributed by atoms with Gasteiger partial charge >= 0.3 is 0 Å². The summed E-state index contributed by atoms with van der Waals surface area (Å²) in [5.74, 6) is 0.129. The molecule has 2 aromatic carbocycles. The van der Waals surface area contributed by atoms with Gasteiger partial charge in [0.05, 0.1) is 6.10 Å². The lowest BCUT2D eigenvalue weighted by atomic mass is 10.0. The molecule has 0 saturated heterocycles. The molecule has 1 amide bonds. The molecule has 1 aliphatic carbocycles. The number of carbonyl (C=O) groups excluding carboxylic acids is 1. The van der Waals surface area contributed by atoms with Crippen LogP contribution in [0.2, 0.25) is 0 Å². The number of β-amino-alcohol motifs (C(OH)–C–C–N with tert-alkyl or cyclic N) is 1. The van der Waals surface area contributed by atoms with Crippen LogP contribution in [0.4, 0.5) is 5.69 Å². The third kappa shape index (κ3) is 3.70. The topological polar surface area (TPSA) is 111 Å². The Morgan fingerprint density at radius 2 is 1.89 bits per heavy atom. The largest absolute Gasteiger partial charge is 0.508 e. The van der Waals surface area contributed by atoms with Crippen molar-refractivity contribution in [3.63, 3.8) is 0 Å². The Hall–Kier alpha value is -2.77. The first-order chi connectivity index (χ1) is 13.0. The van der Waals surface area contributed by atoms with Crippen molar-refractivity contribution < 1.29 is 24.9 Å². The summed E-state index contributed by atoms with van der Waals surface area (Å²) in [6.07, 6.45) is 2.01. The van der Waals surface area contributed by atoms with Crippen LogP contribution in [0.15, 0.2) is 36.4 Å². The van der Waals surface area contributed by atoms with Gasteiger partial charge in [0.15, 0.2) is 12.4 Å². The summed E-state index contributed by atoms with van der Waals surface area (Å²) in [7, 11) is 0. The number of fused-ring (bicyclic) bond motifs is 1. The molecule has 1 atom stereocenters. The molecule has 1 aliphatic heterocycles. The SMILES string of the molecule is O=C1COc2c(C(O)CNC3(Cc4ccc(O)cc4)CC3)ccc(O)c2N1. The zero-order valence-corrected chi connectivity index (χ0v) is 14.7. The highest BCUT2D eigenvalue weighted by Gasteiger charge is 2.42. The third-order valence-corrected chi connectivity index (χ3v) is 5.14. The number of phenols is 2. The fraction of sp³-hybridized carbons (Fsp3) is 0.350. The minimum Gasteiger partial charge on any atom is -0.508 e. The van der Waals surface area contributed by atoms with E-state index in [1.165, 1.54) is 6.07 Å². The minimum atomic E-state index is -0.841. The quantitative estimate of drug-likeness (QED) is 0.496. The predicted molar refractivity (Wildman–Crippen MR) is 99.0 cm³/mol. The number of aliphatic hydroxyl groups is 1. The Morgan fingerprint density at radius 1 is 1.15 bits per heavy atom. The fourth-order valence-electron chi connectivity index (χ4n) is 3.43. The van der Waals surface area contributed by atoms with Crippen molar-refractivity contribution in [2.75, 3.05) is 18.5 Å². The highest BCUT2D eigenvalue weighted by molar-refractivity contribution is 5.97. The predicted octanol–water partition coefficient (Wildman–Crippen LogP) is 1.83. The van der Waals surface area contributed by atoms with Crippen molar-refractivity contribution in [2.24, 2.45) is 0 Å². The molecular weight excluding hydrogens is 348 g/mol. The van der Waals surface area contributed by atoms with E-state index < -0.39 is 6.10 Å². The van der Waals surface area contributed by atoms with Crippen LogP contribution in [0.25, 0.3) is 0 Å². The van der Waals surface area contributed by atoms with Gasteiger partial charge in [0.25, 0.3) is 5.91 Å². The van der Waals surface area contributed by atoms with Gasteiger partial charge in [-0.3, -0.25) is 4.79 Å². The molecule has 4 rings (SSSR count). The van der Waals surface area contributed by atoms with E-state index in [0.29, 0.717) is 17.9 Å². The molecule has 0 radical (unpaired) electrons. The molecule has 7 heteroatoms. The van der Waals surface area contributed by atoms with E-state index in [1.54, 1.807) is 18.2 Å². The van der Waals surface area contributed by atoms with Crippen molar-refractivity contribution >= 4 is 11.6 Å². The first kappa shape index (κ1) is 17.6. The number of nitrogens with one attached hydrogen (secondary N) is 2. The second-order valence-corrected chi connectivity index (χ2v) is 7.24. The van der Waals surface area contributed by atoms with Gasteiger partial charge in [0, 0.05) is 17.6 Å². The average molecular weight is 370 g/mol. The Bertz CT molecular complexity index is 861. The maximum atomic E-state index is 11.5. The number of aliphatic hydroxyl groups excluding tert-OH is 1. The maximum absolute atomic E-state index is 11.5. The molecule has 7 nitrogen and oxygen atoms in total. The van der Waals surface area contributed by atoms with Crippen molar-refractivity contribution in [3.05, 3.63) is 47.5 Å². The molecule has 142 valence electrons. The highest BCUT2D eigenvalue weighted by Crippen LogP contribution is 2.43. The fourth-order valence-corrected chi connectivity index (χ4v) is 3.43. The average Bonchev–Trinajstić information content (AvgIpc) is 3.42. The lowest BCUT2D eigenvalue weighted by molar-refractivity contribution is -0.118. The van der Waals surface area contributed by atoms with Crippen LogP contribution in [0, 0.1) is 0 Å². The molecule has 1 fully saturated rings. The summed E-state index contributed by atoms with van der Waals surface area (Å²) in [4.78, 5) is 11.5. The number of hydrogen-bond donors (Lipinski definition) is 5. The summed E-state index contributed by atoms with van der Waals surface area (Å²) in [5.41, 5.74) is 1.80. The van der Waals surface area contributed by atoms with E-state index in [1.807, 2.05) is 12.1 Å². The second kappa shape index (κ2) is 6.75. The molecule has 0 bridgehead atoms. The van der Waals surface area contributed by atoms with E-state index >= 15 is 0 Å². The van der Waals surface area contributed by atoms with Crippen molar-refractivity contribution in [2.45, 2.75) is 30.9 Å². The summed E-state index contributed by atoms with van der Waals surface area (Å²) in [6.45, 7) is 0.182. The van der Waals surface area contributed by atoms with Crippen LogP contribution in [0.5, 0.6) is 17.2 Å². The Morgan fingerprint density at radius 3 is 2.59 bits per heavy atom. The molecule has 2 aliphatic rings. The van der Waals surface area contributed by atoms with Gasteiger partial charge < -0.3 is 30.7 Å². The Balaban J connectivity index is 1.44. The van der Waals surface area contributed by atoms with Gasteiger partial charge in [0.1, 0.15) is 17.2 Å². The molecule has 0 aromatic heterocycles. The van der Waals surface area contributed by atoms with Gasteiger partial charge in [-0.05, 0) is 49.1 Å². The standard InChI is InChI=1S/C20H22N2O5/c23-13-3-1-12(2-4-13)9-20(7-8-20)21-10-16(25)14-5-6-15(24)18-19(14)27-11-17(26)22-18/h1-6,16,21,23-25H,7-11H2,(H,22,26). The molecule has 1 heterocycles. The summed E-state index contributed by atoms with van der Waals surface area (Å²) < 4.78 is 5.44. The van der Waals surface area contributed by atoms with Crippen molar-refractivity contribution in [1.82, 2.24) is 5.32 Å². The lowest BCUT2D eigenvalue weighted by Crippen LogP contribution is -2.37. The number of phenolic OH excluding ortho intramolecular Hbond substituents is 2. The zero-order chi connectivity index (χ0) is 19.0. The highest BCUT2D eigenvalue weighted by atomic mass is 16.5. The maximum Gasteiger partial charge on any atom is 0.262 e. The smallest absolute Gasteiger partial charge is 0.262 e. The first-order valence-corrected chi connectivity index (χ1v) is 8.95. The normalized spacial score (nSPS) is 18.2. The van der Waals surface area contributed by atoms with Crippen LogP contribution < -0.4 is 15.4 Å². The third-order valence-electron chi connectivity index (χ3n) is 5.14. The van der Waals surface area contributed by atoms with Gasteiger partial charge in [-0.2, -0.15) is 0 Å². The number of rotatable bonds is 6. The molecule has 27 heavy (non-hydrogen) atoms. The van der Waals surface area contributed by atoms with Gasteiger partial charge in [-0.15, -0.1) is 0 Å². The van der Waals surface area contributed by atoms with Crippen LogP contribution >= 0.6 is 0 Å². The molecule has 1 unspecified atom stereocenters. The van der Waals surface area contributed by atoms with Crippen LogP contribution in [-0.2, 0) is 11.2 Å². The zero-order valence-electron chi connectivity index (χ0n) is 14.7. The van der Waals surface area contributed by atoms with E-state index in [2.05, 4.69) is 10.6 Å². The van der Waals surface area contributed by atoms with Crippen LogP contribution in [0.3, 0.4) is 0 Å². The van der Waals surface area contributed by atoms with Gasteiger partial charge in [-0.1, -0.05) is 12.1 Å². The molecule has 2 aromatic rings. The van der Waals surface area contributed by atoms with E-state index in [0.717, 1.165) is 24.8 Å². The van der Waals surface area contributed by atoms with Crippen LogP contribution in [-0.4, -0.2) is 39.9 Å². The molecule has 0 spiro atoms. The van der Waals surface area contributed by atoms with Gasteiger partial charge in [0.2, 0.25) is 0 Å². The van der Waals surface area contributed by atoms with E-state index in [4.69, 9.17) is 4.74 Å². The summed E-state index contributed by atoms with van der Waals surface area (Å²) >= 11 is 0. The number of benzene rings is 2. The van der Waals surface area contributed by atoms with E-state index in [-0.39, 0.29) is 35.2 Å². The summed E-state index contributed by atoms with van der Waals surface area (Å²) in [6, 6.07) is 10.2. The summed E-state index contributed by atoms with van der Waals surface area (Å²) in [5, 5.41) is 36.0. The van der Waals surface area contributed by atoms with Gasteiger partial charge in [-0.25, -0.2) is 0 Å². The molecule has 5 N–H and O–H groups in total. The number of anilines is 1. The van der Waals surface area contributed by atoms with E-state index in [9.17, 15) is 20.1 Å². The monoisotopic (exact) mass is 370 g/mol. The van der Waals surface area contributed by atoms with Crippen molar-refractivity contribution in [1.29, 1.82) is 0 Å². The number of carbonyl (C=O) groups is 1. The lowest BCUT2D eigenvalue weighted by Gasteiger charge is -2.25. The van der Waals surface area contributed by atoms with Crippen LogP contribution in [0.1, 0.15) is 30.1 Å². The number of amides is 1. The second-order valence-electron chi connectivity index (χ2n) is 7.24. The molecular formula is C20H22N2O5. The number of aromatic hydroxyl groups is 2. The van der Waals surface area contributed by atoms with Crippen molar-refractivity contribution in [3.8, 4) is 17.2 Å². The number of hydrogen-bond acceptors (Lipinski definition) is 6. The Kier molecular flexibility index (Phi) is 4.41. The first-order valence-electron chi connectivity index (χ1n) is 8.95. The number of ether oxygens (including phenoxy) is 1. The minimum absolute atomic E-state index is 0.0516. The molecule has 1 saturated carbocycles.